The van der Waals surface area contributed by atoms with Gasteiger partial charge in [0.2, 0.25) is 0 Å². The van der Waals surface area contributed by atoms with Crippen molar-refractivity contribution in [2.75, 3.05) is 11.1 Å². The summed E-state index contributed by atoms with van der Waals surface area (Å²) in [4.78, 5) is 0. The van der Waals surface area contributed by atoms with E-state index >= 15 is 0 Å². The fourth-order valence-electron chi connectivity index (χ4n) is 1.80. The molecule has 0 heterocycles. The number of unbranched alkanes of at least 4 members (excludes halogenated alkanes) is 9. The van der Waals surface area contributed by atoms with Gasteiger partial charge in [0.15, 0.2) is 0 Å². The molecule has 0 aliphatic carbocycles. The molecule has 0 aromatic rings. The summed E-state index contributed by atoms with van der Waals surface area (Å²) in [5.41, 5.74) is -4.05. The lowest BCUT2D eigenvalue weighted by molar-refractivity contribution is -0.0328. The second-order valence-electron chi connectivity index (χ2n) is 4.52. The van der Waals surface area contributed by atoms with E-state index in [1.165, 1.54) is 44.9 Å². The SMILES string of the molecule is FC(F)(F)SCCCCCCCCCCCCBr. The molecule has 0 unspecified atom stereocenters. The molecule has 0 bridgehead atoms. The molecule has 18 heavy (non-hydrogen) atoms. The van der Waals surface area contributed by atoms with Crippen LogP contribution in [0.5, 0.6) is 0 Å². The Morgan fingerprint density at radius 1 is 0.667 bits per heavy atom. The Bertz CT molecular complexity index is 174. The predicted octanol–water partition coefficient (Wildman–Crippen LogP) is 6.54. The molecule has 0 aromatic carbocycles. The highest BCUT2D eigenvalue weighted by molar-refractivity contribution is 9.09. The highest BCUT2D eigenvalue weighted by Gasteiger charge is 2.27. The van der Waals surface area contributed by atoms with E-state index in [4.69, 9.17) is 0 Å². The normalized spacial score (nSPS) is 12.0. The van der Waals surface area contributed by atoms with Crippen LogP contribution in [0.3, 0.4) is 0 Å². The van der Waals surface area contributed by atoms with Crippen molar-refractivity contribution >= 4 is 27.7 Å². The Morgan fingerprint density at radius 3 is 1.44 bits per heavy atom. The number of alkyl halides is 4. The lowest BCUT2D eigenvalue weighted by Crippen LogP contribution is -2.01. The van der Waals surface area contributed by atoms with E-state index in [9.17, 15) is 13.2 Å². The van der Waals surface area contributed by atoms with Crippen molar-refractivity contribution < 1.29 is 13.2 Å². The van der Waals surface area contributed by atoms with Crippen molar-refractivity contribution in [3.05, 3.63) is 0 Å². The molecule has 0 fully saturated rings. The van der Waals surface area contributed by atoms with Crippen molar-refractivity contribution in [1.82, 2.24) is 0 Å². The van der Waals surface area contributed by atoms with E-state index in [2.05, 4.69) is 15.9 Å². The fraction of sp³-hybridized carbons (Fsp3) is 1.00. The zero-order valence-corrected chi connectivity index (χ0v) is 13.3. The summed E-state index contributed by atoms with van der Waals surface area (Å²) in [6.07, 6.45) is 11.6. The van der Waals surface area contributed by atoms with Crippen LogP contribution >= 0.6 is 27.7 Å². The molecular weight excluding hydrogens is 325 g/mol. The molecule has 0 radical (unpaired) electrons. The second-order valence-corrected chi connectivity index (χ2v) is 6.47. The molecule has 0 atom stereocenters. The first-order chi connectivity index (χ1) is 8.56. The third kappa shape index (κ3) is 16.6. The van der Waals surface area contributed by atoms with Gasteiger partial charge in [-0.15, -0.1) is 0 Å². The van der Waals surface area contributed by atoms with E-state index in [0.717, 1.165) is 18.2 Å². The largest absolute Gasteiger partial charge is 0.441 e. The molecule has 0 aromatic heterocycles. The molecule has 0 aliphatic rings. The summed E-state index contributed by atoms with van der Waals surface area (Å²) in [7, 11) is 0. The summed E-state index contributed by atoms with van der Waals surface area (Å²) < 4.78 is 35.5. The molecule has 0 saturated carbocycles. The van der Waals surface area contributed by atoms with E-state index in [0.29, 0.717) is 6.42 Å². The number of thioether (sulfide) groups is 1. The molecule has 0 saturated heterocycles. The average molecular weight is 349 g/mol. The van der Waals surface area contributed by atoms with Crippen LogP contribution in [0.25, 0.3) is 0 Å². The topological polar surface area (TPSA) is 0 Å². The number of hydrogen-bond donors (Lipinski definition) is 0. The quantitative estimate of drug-likeness (QED) is 0.285. The van der Waals surface area contributed by atoms with Gasteiger partial charge in [-0.05, 0) is 12.8 Å². The fourth-order valence-corrected chi connectivity index (χ4v) is 2.78. The number of rotatable bonds is 12. The zero-order chi connectivity index (χ0) is 13.7. The van der Waals surface area contributed by atoms with Gasteiger partial charge in [0, 0.05) is 11.1 Å². The lowest BCUT2D eigenvalue weighted by atomic mass is 10.1. The molecule has 0 nitrogen and oxygen atoms in total. The van der Waals surface area contributed by atoms with Gasteiger partial charge in [0.05, 0.1) is 0 Å². The summed E-state index contributed by atoms with van der Waals surface area (Å²) in [5.74, 6) is 0.218. The smallest absolute Gasteiger partial charge is 0.160 e. The van der Waals surface area contributed by atoms with Crippen LogP contribution in [0.4, 0.5) is 13.2 Å². The Balaban J connectivity index is 2.99. The Kier molecular flexibility index (Phi) is 13.1. The lowest BCUT2D eigenvalue weighted by Gasteiger charge is -2.05. The predicted molar refractivity (Wildman–Crippen MR) is 78.5 cm³/mol. The van der Waals surface area contributed by atoms with Crippen LogP contribution in [-0.4, -0.2) is 16.6 Å². The van der Waals surface area contributed by atoms with Crippen LogP contribution in [0, 0.1) is 0 Å². The van der Waals surface area contributed by atoms with Gasteiger partial charge < -0.3 is 0 Å². The van der Waals surface area contributed by atoms with Crippen LogP contribution < -0.4 is 0 Å². The molecule has 5 heteroatoms. The summed E-state index contributed by atoms with van der Waals surface area (Å²) in [6.45, 7) is 0. The third-order valence-corrected chi connectivity index (χ3v) is 4.17. The maximum Gasteiger partial charge on any atom is 0.441 e. The van der Waals surface area contributed by atoms with Crippen molar-refractivity contribution in [3.63, 3.8) is 0 Å². The number of hydrogen-bond acceptors (Lipinski definition) is 1. The van der Waals surface area contributed by atoms with Crippen molar-refractivity contribution in [1.29, 1.82) is 0 Å². The number of halogens is 4. The monoisotopic (exact) mass is 348 g/mol. The molecule has 0 amide bonds. The van der Waals surface area contributed by atoms with Gasteiger partial charge in [-0.2, -0.15) is 13.2 Å². The van der Waals surface area contributed by atoms with E-state index in [1.54, 1.807) is 0 Å². The maximum atomic E-state index is 11.8. The molecule has 110 valence electrons. The minimum absolute atomic E-state index is 0.109. The molecule has 0 aliphatic heterocycles. The minimum Gasteiger partial charge on any atom is -0.160 e. The summed E-state index contributed by atoms with van der Waals surface area (Å²) in [5, 5.41) is 1.10. The Morgan fingerprint density at radius 2 is 1.06 bits per heavy atom. The summed E-state index contributed by atoms with van der Waals surface area (Å²) in [6, 6.07) is 0. The zero-order valence-electron chi connectivity index (χ0n) is 10.9. The standard InChI is InChI=1S/C13H24BrF3S/c14-11-9-7-5-3-1-2-4-6-8-10-12-18-13(15,16)17/h1-12H2. The molecule has 0 rings (SSSR count). The first-order valence-corrected chi connectivity index (χ1v) is 8.93. The van der Waals surface area contributed by atoms with Gasteiger partial charge >= 0.3 is 5.51 Å². The van der Waals surface area contributed by atoms with Crippen molar-refractivity contribution in [2.45, 2.75) is 69.7 Å². The van der Waals surface area contributed by atoms with E-state index < -0.39 is 5.51 Å². The summed E-state index contributed by atoms with van der Waals surface area (Å²) >= 11 is 3.52. The second kappa shape index (κ2) is 12.6. The average Bonchev–Trinajstić information content (AvgIpc) is 2.29. The van der Waals surface area contributed by atoms with Gasteiger partial charge in [-0.25, -0.2) is 0 Å². The van der Waals surface area contributed by atoms with Crippen LogP contribution in [0.2, 0.25) is 0 Å². The first-order valence-electron chi connectivity index (χ1n) is 6.83. The van der Waals surface area contributed by atoms with Crippen LogP contribution in [-0.2, 0) is 0 Å². The van der Waals surface area contributed by atoms with E-state index in [-0.39, 0.29) is 17.5 Å². The van der Waals surface area contributed by atoms with Gasteiger partial charge in [0.1, 0.15) is 0 Å². The first kappa shape index (κ1) is 18.6. The van der Waals surface area contributed by atoms with Crippen molar-refractivity contribution in [3.8, 4) is 0 Å². The van der Waals surface area contributed by atoms with Crippen LogP contribution in [0.15, 0.2) is 0 Å². The highest BCUT2D eigenvalue weighted by Crippen LogP contribution is 2.30. The van der Waals surface area contributed by atoms with Gasteiger partial charge in [-0.1, -0.05) is 79.1 Å². The third-order valence-electron chi connectivity index (χ3n) is 2.79. The Hall–Kier alpha value is 0.620. The maximum absolute atomic E-state index is 11.8. The van der Waals surface area contributed by atoms with E-state index in [1.807, 2.05) is 0 Å². The molecule has 0 spiro atoms. The van der Waals surface area contributed by atoms with Gasteiger partial charge in [-0.3, -0.25) is 0 Å². The van der Waals surface area contributed by atoms with Gasteiger partial charge in [0.25, 0.3) is 0 Å². The van der Waals surface area contributed by atoms with Crippen molar-refractivity contribution in [2.24, 2.45) is 0 Å². The molecule has 0 N–H and O–H groups in total. The Labute approximate surface area is 122 Å². The van der Waals surface area contributed by atoms with Crippen LogP contribution in [0.1, 0.15) is 64.2 Å². The molecular formula is C13H24BrF3S. The highest BCUT2D eigenvalue weighted by atomic mass is 79.9. The minimum atomic E-state index is -4.05.